The lowest BCUT2D eigenvalue weighted by Gasteiger charge is -2.23. The summed E-state index contributed by atoms with van der Waals surface area (Å²) in [5.74, 6) is -0.408. The number of hydrogen-bond acceptors (Lipinski definition) is 4. The average Bonchev–Trinajstić information content (AvgIpc) is 3.22. The first-order valence-electron chi connectivity index (χ1n) is 7.87. The van der Waals surface area contributed by atoms with Crippen LogP contribution in [0.2, 0.25) is 0 Å². The molecule has 1 fully saturated rings. The molecule has 0 radical (unpaired) electrons. The van der Waals surface area contributed by atoms with Gasteiger partial charge in [0.1, 0.15) is 11.5 Å². The Morgan fingerprint density at radius 3 is 2.67 bits per heavy atom. The molecule has 24 heavy (non-hydrogen) atoms. The zero-order valence-corrected chi connectivity index (χ0v) is 13.7. The van der Waals surface area contributed by atoms with E-state index in [1.165, 1.54) is 12.1 Å². The molecule has 0 bridgehead atoms. The molecule has 0 saturated carbocycles. The number of nitrogens with one attached hydrogen (secondary N) is 1. The van der Waals surface area contributed by atoms with Crippen LogP contribution in [-0.4, -0.2) is 70.8 Å². The highest BCUT2D eigenvalue weighted by molar-refractivity contribution is 5.93. The fourth-order valence-electron chi connectivity index (χ4n) is 3.15. The molecular formula is C17H21FN4O2. The van der Waals surface area contributed by atoms with E-state index >= 15 is 0 Å². The van der Waals surface area contributed by atoms with Gasteiger partial charge < -0.3 is 14.9 Å². The number of carbonyl (C=O) groups is 1. The van der Waals surface area contributed by atoms with Gasteiger partial charge in [0, 0.05) is 37.2 Å². The second-order valence-corrected chi connectivity index (χ2v) is 6.36. The van der Waals surface area contributed by atoms with E-state index in [1.807, 2.05) is 19.0 Å². The first kappa shape index (κ1) is 16.6. The second kappa shape index (κ2) is 6.70. The summed E-state index contributed by atoms with van der Waals surface area (Å²) in [7, 11) is 3.90. The number of hydrogen-bond donors (Lipinski definition) is 2. The standard InChI is InChI=1S/C17H21FN4O2/c1-21(2)16-9-22(8-12(16)10-23)17(24)15-7-14(19-20-15)11-3-5-13(18)6-4-11/h3-7,12,16,23H,8-10H2,1-2H3,(H,19,20)/t12-,16+/m0/s1. The lowest BCUT2D eigenvalue weighted by Crippen LogP contribution is -2.37. The number of carbonyl (C=O) groups excluding carboxylic acids is 1. The van der Waals surface area contributed by atoms with E-state index in [0.29, 0.717) is 24.5 Å². The number of likely N-dealkylation sites (N-methyl/N-ethyl adjacent to an activating group) is 1. The summed E-state index contributed by atoms with van der Waals surface area (Å²) >= 11 is 0. The van der Waals surface area contributed by atoms with Crippen LogP contribution in [0.15, 0.2) is 30.3 Å². The SMILES string of the molecule is CN(C)[C@@H]1CN(C(=O)c2cc(-c3ccc(F)cc3)n[nH]2)C[C@H]1CO. The van der Waals surface area contributed by atoms with Crippen LogP contribution < -0.4 is 0 Å². The zero-order chi connectivity index (χ0) is 17.3. The monoisotopic (exact) mass is 332 g/mol. The number of halogens is 1. The lowest BCUT2D eigenvalue weighted by molar-refractivity contribution is 0.0773. The van der Waals surface area contributed by atoms with E-state index in [1.54, 1.807) is 23.1 Å². The van der Waals surface area contributed by atoms with Crippen LogP contribution in [0, 0.1) is 11.7 Å². The molecule has 1 aliphatic heterocycles. The number of aromatic nitrogens is 2. The highest BCUT2D eigenvalue weighted by atomic mass is 19.1. The average molecular weight is 332 g/mol. The predicted octanol–water partition coefficient (Wildman–Crippen LogP) is 1.21. The van der Waals surface area contributed by atoms with Crippen molar-refractivity contribution in [3.05, 3.63) is 41.8 Å². The third kappa shape index (κ3) is 3.18. The molecule has 1 aromatic carbocycles. The maximum absolute atomic E-state index is 13.0. The third-order valence-corrected chi connectivity index (χ3v) is 4.54. The van der Waals surface area contributed by atoms with Gasteiger partial charge in [0.05, 0.1) is 5.69 Å². The molecular weight excluding hydrogens is 311 g/mol. The first-order valence-corrected chi connectivity index (χ1v) is 7.87. The number of nitrogens with zero attached hydrogens (tertiary/aromatic N) is 3. The van der Waals surface area contributed by atoms with E-state index in [4.69, 9.17) is 0 Å². The maximum atomic E-state index is 13.0. The molecule has 7 heteroatoms. The molecule has 2 atom stereocenters. The van der Waals surface area contributed by atoms with Crippen LogP contribution in [0.25, 0.3) is 11.3 Å². The van der Waals surface area contributed by atoms with Crippen LogP contribution in [0.1, 0.15) is 10.5 Å². The summed E-state index contributed by atoms with van der Waals surface area (Å²) in [4.78, 5) is 16.4. The van der Waals surface area contributed by atoms with Crippen molar-refractivity contribution in [2.45, 2.75) is 6.04 Å². The van der Waals surface area contributed by atoms with Crippen molar-refractivity contribution in [2.75, 3.05) is 33.8 Å². The molecule has 6 nitrogen and oxygen atoms in total. The molecule has 1 aliphatic rings. The van der Waals surface area contributed by atoms with E-state index in [0.717, 1.165) is 5.56 Å². The Labute approximate surface area is 139 Å². The minimum absolute atomic E-state index is 0.0449. The fourth-order valence-corrected chi connectivity index (χ4v) is 3.15. The number of aromatic amines is 1. The highest BCUT2D eigenvalue weighted by Gasteiger charge is 2.36. The minimum Gasteiger partial charge on any atom is -0.396 e. The number of likely N-dealkylation sites (tertiary alicyclic amines) is 1. The summed E-state index contributed by atoms with van der Waals surface area (Å²) in [6, 6.07) is 7.78. The van der Waals surface area contributed by atoms with E-state index < -0.39 is 0 Å². The number of amides is 1. The Hall–Kier alpha value is -2.25. The van der Waals surface area contributed by atoms with Crippen molar-refractivity contribution in [1.29, 1.82) is 0 Å². The van der Waals surface area contributed by atoms with Crippen molar-refractivity contribution >= 4 is 5.91 Å². The van der Waals surface area contributed by atoms with E-state index in [-0.39, 0.29) is 30.3 Å². The van der Waals surface area contributed by atoms with Crippen molar-refractivity contribution in [3.63, 3.8) is 0 Å². The predicted molar refractivity (Wildman–Crippen MR) is 87.9 cm³/mol. The molecule has 3 rings (SSSR count). The third-order valence-electron chi connectivity index (χ3n) is 4.54. The summed E-state index contributed by atoms with van der Waals surface area (Å²) < 4.78 is 13.0. The number of aliphatic hydroxyl groups is 1. The molecule has 1 saturated heterocycles. The van der Waals surface area contributed by atoms with Gasteiger partial charge in [0.15, 0.2) is 0 Å². The number of H-pyrrole nitrogens is 1. The quantitative estimate of drug-likeness (QED) is 0.883. The Balaban J connectivity index is 1.76. The normalized spacial score (nSPS) is 20.8. The number of aliphatic hydroxyl groups excluding tert-OH is 1. The molecule has 128 valence electrons. The largest absolute Gasteiger partial charge is 0.396 e. The Bertz CT molecular complexity index is 714. The van der Waals surface area contributed by atoms with Crippen LogP contribution in [0.3, 0.4) is 0 Å². The van der Waals surface area contributed by atoms with Gasteiger partial charge in [0.25, 0.3) is 5.91 Å². The lowest BCUT2D eigenvalue weighted by atomic mass is 10.0. The molecule has 2 aromatic rings. The van der Waals surface area contributed by atoms with Gasteiger partial charge in [-0.2, -0.15) is 5.10 Å². The van der Waals surface area contributed by atoms with Gasteiger partial charge in [-0.15, -0.1) is 0 Å². The molecule has 0 unspecified atom stereocenters. The summed E-state index contributed by atoms with van der Waals surface area (Å²) in [6.45, 7) is 1.14. The van der Waals surface area contributed by atoms with E-state index in [9.17, 15) is 14.3 Å². The molecule has 2 N–H and O–H groups in total. The van der Waals surface area contributed by atoms with E-state index in [2.05, 4.69) is 10.2 Å². The Kier molecular flexibility index (Phi) is 4.64. The van der Waals surface area contributed by atoms with Crippen molar-refractivity contribution in [1.82, 2.24) is 20.0 Å². The van der Waals surface area contributed by atoms with Gasteiger partial charge in [-0.05, 0) is 44.4 Å². The molecule has 2 heterocycles. The van der Waals surface area contributed by atoms with Gasteiger partial charge in [-0.1, -0.05) is 0 Å². The second-order valence-electron chi connectivity index (χ2n) is 6.36. The maximum Gasteiger partial charge on any atom is 0.271 e. The van der Waals surface area contributed by atoms with Gasteiger partial charge >= 0.3 is 0 Å². The van der Waals surface area contributed by atoms with Crippen molar-refractivity contribution in [2.24, 2.45) is 5.92 Å². The van der Waals surface area contributed by atoms with Crippen LogP contribution in [-0.2, 0) is 0 Å². The minimum atomic E-state index is -0.313. The molecule has 1 aromatic heterocycles. The van der Waals surface area contributed by atoms with Crippen LogP contribution in [0.5, 0.6) is 0 Å². The molecule has 0 aliphatic carbocycles. The van der Waals surface area contributed by atoms with Crippen molar-refractivity contribution < 1.29 is 14.3 Å². The molecule has 0 spiro atoms. The number of rotatable bonds is 4. The topological polar surface area (TPSA) is 72.5 Å². The first-order chi connectivity index (χ1) is 11.5. The van der Waals surface area contributed by atoms with Gasteiger partial charge in [-0.25, -0.2) is 4.39 Å². The van der Waals surface area contributed by atoms with Crippen LogP contribution in [0.4, 0.5) is 4.39 Å². The Morgan fingerprint density at radius 2 is 2.08 bits per heavy atom. The van der Waals surface area contributed by atoms with Crippen molar-refractivity contribution in [3.8, 4) is 11.3 Å². The van der Waals surface area contributed by atoms with Crippen LogP contribution >= 0.6 is 0 Å². The summed E-state index contributed by atoms with van der Waals surface area (Å²) in [5, 5.41) is 16.4. The zero-order valence-electron chi connectivity index (χ0n) is 13.7. The van der Waals surface area contributed by atoms with Gasteiger partial charge in [-0.3, -0.25) is 9.89 Å². The smallest absolute Gasteiger partial charge is 0.271 e. The Morgan fingerprint density at radius 1 is 1.38 bits per heavy atom. The fraction of sp³-hybridized carbons (Fsp3) is 0.412. The van der Waals surface area contributed by atoms with Gasteiger partial charge in [0.2, 0.25) is 0 Å². The summed E-state index contributed by atoms with van der Waals surface area (Å²) in [5.41, 5.74) is 1.73. The number of benzene rings is 1. The molecule has 1 amide bonds. The summed E-state index contributed by atoms with van der Waals surface area (Å²) in [6.07, 6.45) is 0. The highest BCUT2D eigenvalue weighted by Crippen LogP contribution is 2.23.